The van der Waals surface area contributed by atoms with Crippen LogP contribution in [0.5, 0.6) is 0 Å². The summed E-state index contributed by atoms with van der Waals surface area (Å²) in [4.78, 5) is 4.10. The Bertz CT molecular complexity index is 434. The molecule has 1 aromatic carbocycles. The van der Waals surface area contributed by atoms with Gasteiger partial charge in [-0.25, -0.2) is 4.98 Å². The van der Waals surface area contributed by atoms with Gasteiger partial charge in [0.25, 0.3) is 0 Å². The van der Waals surface area contributed by atoms with Crippen LogP contribution >= 0.6 is 11.8 Å². The fraction of sp³-hybridized carbons (Fsp3) is 0.0909. The maximum absolute atomic E-state index is 11.0. The summed E-state index contributed by atoms with van der Waals surface area (Å²) in [5.74, 6) is 0.831. The first-order chi connectivity index (χ1) is 7.34. The highest BCUT2D eigenvalue weighted by Crippen LogP contribution is 2.18. The highest BCUT2D eigenvalue weighted by molar-refractivity contribution is 7.98. The third-order valence-electron chi connectivity index (χ3n) is 1.88. The smallest absolute Gasteiger partial charge is 0.212 e. The largest absolute Gasteiger partial charge is 0.619 e. The van der Waals surface area contributed by atoms with Gasteiger partial charge in [-0.2, -0.15) is 4.73 Å². The van der Waals surface area contributed by atoms with Crippen molar-refractivity contribution in [1.29, 1.82) is 0 Å². The third kappa shape index (κ3) is 2.95. The van der Waals surface area contributed by atoms with Crippen LogP contribution < -0.4 is 4.73 Å². The van der Waals surface area contributed by atoms with Crippen LogP contribution in [0.3, 0.4) is 0 Å². The van der Waals surface area contributed by atoms with Crippen molar-refractivity contribution >= 4 is 11.8 Å². The predicted octanol–water partition coefficient (Wildman–Crippen LogP) is 2.01. The number of benzene rings is 1. The van der Waals surface area contributed by atoms with Gasteiger partial charge in [0.1, 0.15) is 0 Å². The van der Waals surface area contributed by atoms with E-state index in [1.54, 1.807) is 11.8 Å². The fourth-order valence-electron chi connectivity index (χ4n) is 1.16. The normalized spacial score (nSPS) is 10.1. The van der Waals surface area contributed by atoms with Crippen LogP contribution in [-0.4, -0.2) is 4.98 Å². The second kappa shape index (κ2) is 4.79. The molecular weight excluding hydrogens is 208 g/mol. The van der Waals surface area contributed by atoms with Crippen molar-refractivity contribution in [2.24, 2.45) is 0 Å². The number of nitrogens with zero attached hydrogens (tertiary/aromatic N) is 2. The minimum Gasteiger partial charge on any atom is -0.619 e. The topological polar surface area (TPSA) is 39.8 Å². The van der Waals surface area contributed by atoms with E-state index in [9.17, 15) is 5.21 Å². The summed E-state index contributed by atoms with van der Waals surface area (Å²) >= 11 is 1.56. The van der Waals surface area contributed by atoms with Gasteiger partial charge >= 0.3 is 0 Å². The molecule has 1 aromatic heterocycles. The van der Waals surface area contributed by atoms with Crippen molar-refractivity contribution < 1.29 is 4.73 Å². The van der Waals surface area contributed by atoms with Crippen LogP contribution in [-0.2, 0) is 5.75 Å². The molecule has 0 radical (unpaired) electrons. The molecule has 0 bridgehead atoms. The Morgan fingerprint density at radius 3 is 2.80 bits per heavy atom. The van der Waals surface area contributed by atoms with E-state index in [0.717, 1.165) is 15.5 Å². The monoisotopic (exact) mass is 218 g/mol. The van der Waals surface area contributed by atoms with Crippen molar-refractivity contribution in [3.05, 3.63) is 59.7 Å². The van der Waals surface area contributed by atoms with Gasteiger partial charge in [-0.05, 0) is 5.56 Å². The molecule has 2 rings (SSSR count). The van der Waals surface area contributed by atoms with Crippen LogP contribution in [0.15, 0.2) is 53.9 Å². The highest BCUT2D eigenvalue weighted by atomic mass is 32.2. The number of rotatable bonds is 3. The quantitative estimate of drug-likeness (QED) is 0.449. The molecule has 3 nitrogen and oxygen atoms in total. The summed E-state index contributed by atoms with van der Waals surface area (Å²) in [7, 11) is 0. The molecule has 0 aliphatic heterocycles. The lowest BCUT2D eigenvalue weighted by Crippen LogP contribution is -2.24. The molecule has 0 saturated carbocycles. The Morgan fingerprint density at radius 2 is 2.07 bits per heavy atom. The summed E-state index contributed by atoms with van der Waals surface area (Å²) in [5, 5.41) is 11.7. The van der Waals surface area contributed by atoms with Crippen molar-refractivity contribution in [2.75, 3.05) is 0 Å². The first-order valence-electron chi connectivity index (χ1n) is 4.56. The molecule has 2 aromatic rings. The molecule has 0 unspecified atom stereocenters. The minimum absolute atomic E-state index is 0.747. The molecule has 0 atom stereocenters. The molecule has 15 heavy (non-hydrogen) atoms. The molecule has 0 fully saturated rings. The number of thioether (sulfide) groups is 1. The van der Waals surface area contributed by atoms with E-state index in [2.05, 4.69) is 17.1 Å². The van der Waals surface area contributed by atoms with E-state index in [1.165, 1.54) is 24.2 Å². The molecule has 4 heteroatoms. The summed E-state index contributed by atoms with van der Waals surface area (Å²) in [6.07, 6.45) is 4.38. The zero-order chi connectivity index (χ0) is 10.5. The lowest BCUT2D eigenvalue weighted by Gasteiger charge is -2.00. The van der Waals surface area contributed by atoms with Gasteiger partial charge in [0.15, 0.2) is 11.2 Å². The zero-order valence-corrected chi connectivity index (χ0v) is 8.85. The van der Waals surface area contributed by atoms with E-state index in [4.69, 9.17) is 0 Å². The summed E-state index contributed by atoms with van der Waals surface area (Å²) < 4.78 is 0.764. The average Bonchev–Trinajstić information content (AvgIpc) is 2.28. The van der Waals surface area contributed by atoms with Gasteiger partial charge in [0.05, 0.1) is 6.20 Å². The second-order valence-electron chi connectivity index (χ2n) is 3.03. The number of hydrogen-bond donors (Lipinski definition) is 0. The molecule has 76 valence electrons. The van der Waals surface area contributed by atoms with Gasteiger partial charge < -0.3 is 5.21 Å². The molecule has 0 spiro atoms. The van der Waals surface area contributed by atoms with Crippen molar-refractivity contribution in [3.8, 4) is 0 Å². The standard InChI is InChI=1S/C11H10N2OS/c14-13-7-6-12-11(8-13)15-9-10-4-2-1-3-5-10/h1-8H,9H2. The molecule has 0 aliphatic carbocycles. The van der Waals surface area contributed by atoms with Gasteiger partial charge in [-0.3, -0.25) is 0 Å². The van der Waals surface area contributed by atoms with E-state index < -0.39 is 0 Å². The molecule has 1 heterocycles. The van der Waals surface area contributed by atoms with Crippen LogP contribution in [0.1, 0.15) is 5.56 Å². The maximum atomic E-state index is 11.0. The first-order valence-corrected chi connectivity index (χ1v) is 5.55. The van der Waals surface area contributed by atoms with Gasteiger partial charge in [0.2, 0.25) is 6.20 Å². The second-order valence-corrected chi connectivity index (χ2v) is 4.02. The maximum Gasteiger partial charge on any atom is 0.212 e. The zero-order valence-electron chi connectivity index (χ0n) is 8.04. The lowest BCUT2D eigenvalue weighted by molar-refractivity contribution is -0.608. The van der Waals surface area contributed by atoms with Crippen LogP contribution in [0, 0.1) is 5.21 Å². The third-order valence-corrected chi connectivity index (χ3v) is 2.87. The van der Waals surface area contributed by atoms with E-state index in [-0.39, 0.29) is 0 Å². The molecule has 0 saturated heterocycles. The van der Waals surface area contributed by atoms with Gasteiger partial charge in [-0.1, -0.05) is 42.1 Å². The fourth-order valence-corrected chi connectivity index (χ4v) is 1.98. The Kier molecular flexibility index (Phi) is 3.19. The lowest BCUT2D eigenvalue weighted by atomic mass is 10.2. The SMILES string of the molecule is [O-][n+]1ccnc(SCc2ccccc2)c1. The Balaban J connectivity index is 1.99. The number of hydrogen-bond acceptors (Lipinski definition) is 3. The minimum atomic E-state index is 0.747. The Labute approximate surface area is 92.4 Å². The van der Waals surface area contributed by atoms with Crippen molar-refractivity contribution in [2.45, 2.75) is 10.8 Å². The summed E-state index contributed by atoms with van der Waals surface area (Å²) in [5.41, 5.74) is 1.23. The van der Waals surface area contributed by atoms with Crippen molar-refractivity contribution in [1.82, 2.24) is 4.98 Å². The van der Waals surface area contributed by atoms with E-state index in [1.807, 2.05) is 18.2 Å². The summed E-state index contributed by atoms with van der Waals surface area (Å²) in [6, 6.07) is 10.1. The summed E-state index contributed by atoms with van der Waals surface area (Å²) in [6.45, 7) is 0. The predicted molar refractivity (Wildman–Crippen MR) is 59.2 cm³/mol. The Morgan fingerprint density at radius 1 is 1.27 bits per heavy atom. The van der Waals surface area contributed by atoms with Crippen molar-refractivity contribution in [3.63, 3.8) is 0 Å². The highest BCUT2D eigenvalue weighted by Gasteiger charge is 2.00. The van der Waals surface area contributed by atoms with Gasteiger partial charge in [0, 0.05) is 5.75 Å². The molecular formula is C11H10N2OS. The first kappa shape index (κ1) is 9.98. The van der Waals surface area contributed by atoms with Gasteiger partial charge in [-0.15, -0.1) is 0 Å². The number of aromatic nitrogens is 2. The van der Waals surface area contributed by atoms with E-state index >= 15 is 0 Å². The molecule has 0 aliphatic rings. The average molecular weight is 218 g/mol. The molecule has 0 amide bonds. The van der Waals surface area contributed by atoms with E-state index in [0.29, 0.717) is 0 Å². The van der Waals surface area contributed by atoms with Crippen LogP contribution in [0.25, 0.3) is 0 Å². The van der Waals surface area contributed by atoms with Crippen LogP contribution in [0.4, 0.5) is 0 Å². The molecule has 0 N–H and O–H groups in total. The Hall–Kier alpha value is -1.55. The van der Waals surface area contributed by atoms with Crippen LogP contribution in [0.2, 0.25) is 0 Å².